The van der Waals surface area contributed by atoms with Crippen LogP contribution in [0.3, 0.4) is 0 Å². The highest BCUT2D eigenvalue weighted by molar-refractivity contribution is 6.06. The third-order valence-electron chi connectivity index (χ3n) is 3.35. The third-order valence-corrected chi connectivity index (χ3v) is 3.35. The molecule has 1 aliphatic carbocycles. The van der Waals surface area contributed by atoms with Gasteiger partial charge in [0.2, 0.25) is 0 Å². The SMILES string of the molecule is C1=C=c2c(c3ccccc3c3cccnc23)=CC=1. The maximum absolute atomic E-state index is 4.51. The van der Waals surface area contributed by atoms with Crippen molar-refractivity contribution in [2.24, 2.45) is 0 Å². The number of rotatable bonds is 0. The zero-order valence-electron chi connectivity index (χ0n) is 9.64. The van der Waals surface area contributed by atoms with Gasteiger partial charge in [-0.15, -0.1) is 0 Å². The van der Waals surface area contributed by atoms with E-state index in [4.69, 9.17) is 0 Å². The highest BCUT2D eigenvalue weighted by Gasteiger charge is 2.05. The maximum atomic E-state index is 4.51. The minimum Gasteiger partial charge on any atom is -0.255 e. The summed E-state index contributed by atoms with van der Waals surface area (Å²) in [6.07, 6.45) is 5.82. The second-order valence-corrected chi connectivity index (χ2v) is 4.34. The van der Waals surface area contributed by atoms with E-state index >= 15 is 0 Å². The van der Waals surface area contributed by atoms with Gasteiger partial charge < -0.3 is 0 Å². The van der Waals surface area contributed by atoms with E-state index in [0.29, 0.717) is 0 Å². The molecule has 0 radical (unpaired) electrons. The Labute approximate surface area is 104 Å². The molecular formula is C17H9N. The molecule has 0 amide bonds. The molecule has 18 heavy (non-hydrogen) atoms. The Balaban J connectivity index is 2.55. The molecule has 0 spiro atoms. The van der Waals surface area contributed by atoms with Crippen LogP contribution in [0.15, 0.2) is 54.4 Å². The van der Waals surface area contributed by atoms with Crippen LogP contribution in [0.5, 0.6) is 0 Å². The molecule has 0 N–H and O–H groups in total. The summed E-state index contributed by atoms with van der Waals surface area (Å²) < 4.78 is 0. The zero-order valence-corrected chi connectivity index (χ0v) is 9.64. The molecule has 0 saturated carbocycles. The minimum atomic E-state index is 1.00. The number of nitrogens with zero attached hydrogens (tertiary/aromatic N) is 1. The Morgan fingerprint density at radius 3 is 2.67 bits per heavy atom. The smallest absolute Gasteiger partial charge is 0.0871 e. The van der Waals surface area contributed by atoms with E-state index in [9.17, 15) is 0 Å². The lowest BCUT2D eigenvalue weighted by atomic mass is 10.00. The van der Waals surface area contributed by atoms with Crippen LogP contribution < -0.4 is 10.4 Å². The van der Waals surface area contributed by atoms with Crippen LogP contribution in [0.25, 0.3) is 33.5 Å². The molecule has 0 fully saturated rings. The lowest BCUT2D eigenvalue weighted by Crippen LogP contribution is -2.26. The largest absolute Gasteiger partial charge is 0.255 e. The van der Waals surface area contributed by atoms with Crippen LogP contribution in [0.2, 0.25) is 0 Å². The van der Waals surface area contributed by atoms with Crippen LogP contribution in [-0.4, -0.2) is 4.98 Å². The summed E-state index contributed by atoms with van der Waals surface area (Å²) in [5.74, 6) is 0. The molecule has 2 aromatic carbocycles. The summed E-state index contributed by atoms with van der Waals surface area (Å²) in [4.78, 5) is 4.51. The van der Waals surface area contributed by atoms with E-state index in [1.807, 2.05) is 18.3 Å². The molecule has 82 valence electrons. The number of hydrogen-bond acceptors (Lipinski definition) is 1. The van der Waals surface area contributed by atoms with Crippen molar-refractivity contribution in [1.29, 1.82) is 0 Å². The third kappa shape index (κ3) is 1.15. The topological polar surface area (TPSA) is 12.9 Å². The van der Waals surface area contributed by atoms with Crippen LogP contribution in [0.4, 0.5) is 0 Å². The fourth-order valence-electron chi connectivity index (χ4n) is 2.58. The molecule has 1 heterocycles. The average Bonchev–Trinajstić information content (AvgIpc) is 2.48. The van der Waals surface area contributed by atoms with Gasteiger partial charge in [0.15, 0.2) is 0 Å². The summed E-state index contributed by atoms with van der Waals surface area (Å²) in [6.45, 7) is 0. The number of fused-ring (bicyclic) bond motifs is 6. The van der Waals surface area contributed by atoms with Crippen LogP contribution >= 0.6 is 0 Å². The van der Waals surface area contributed by atoms with Crippen molar-refractivity contribution in [2.75, 3.05) is 0 Å². The second-order valence-electron chi connectivity index (χ2n) is 4.34. The molecule has 0 aliphatic heterocycles. The van der Waals surface area contributed by atoms with Crippen molar-refractivity contribution in [2.45, 2.75) is 0 Å². The van der Waals surface area contributed by atoms with Gasteiger partial charge in [-0.3, -0.25) is 4.98 Å². The van der Waals surface area contributed by atoms with Crippen LogP contribution in [-0.2, 0) is 0 Å². The Morgan fingerprint density at radius 2 is 1.72 bits per heavy atom. The monoisotopic (exact) mass is 227 g/mol. The summed E-state index contributed by atoms with van der Waals surface area (Å²) in [5.41, 5.74) is 7.23. The second kappa shape index (κ2) is 3.45. The summed E-state index contributed by atoms with van der Waals surface area (Å²) in [7, 11) is 0. The van der Waals surface area contributed by atoms with Gasteiger partial charge in [0, 0.05) is 16.8 Å². The standard InChI is InChI=1S/C17H9N/c1-2-7-14-12(6-1)13-8-3-4-9-15(13)17-16(14)10-5-11-18-17/h1-3,5-8,10-11H. The van der Waals surface area contributed by atoms with E-state index in [1.54, 1.807) is 0 Å². The predicted molar refractivity (Wildman–Crippen MR) is 74.5 cm³/mol. The molecule has 3 aromatic rings. The van der Waals surface area contributed by atoms with Crippen molar-refractivity contribution in [3.8, 4) is 0 Å². The summed E-state index contributed by atoms with van der Waals surface area (Å²) in [5, 5.41) is 5.91. The van der Waals surface area contributed by atoms with Crippen molar-refractivity contribution in [3.05, 3.63) is 64.8 Å². The van der Waals surface area contributed by atoms with E-state index in [1.165, 1.54) is 21.4 Å². The predicted octanol–water partition coefficient (Wildman–Crippen LogP) is 2.27. The molecule has 0 unspecified atom stereocenters. The maximum Gasteiger partial charge on any atom is 0.0871 e. The average molecular weight is 227 g/mol. The Hall–Kier alpha value is -2.59. The Kier molecular flexibility index (Phi) is 1.81. The van der Waals surface area contributed by atoms with Crippen molar-refractivity contribution in [3.63, 3.8) is 0 Å². The van der Waals surface area contributed by atoms with Gasteiger partial charge in [0.05, 0.1) is 10.7 Å². The van der Waals surface area contributed by atoms with E-state index in [-0.39, 0.29) is 0 Å². The van der Waals surface area contributed by atoms with Gasteiger partial charge in [-0.2, -0.15) is 0 Å². The molecule has 1 aliphatic rings. The van der Waals surface area contributed by atoms with Crippen LogP contribution in [0, 0.1) is 0 Å². The first-order chi connectivity index (χ1) is 8.95. The van der Waals surface area contributed by atoms with Crippen molar-refractivity contribution in [1.82, 2.24) is 4.98 Å². The first-order valence-electron chi connectivity index (χ1n) is 5.93. The van der Waals surface area contributed by atoms with Crippen LogP contribution in [0.1, 0.15) is 0 Å². The quantitative estimate of drug-likeness (QED) is 0.424. The summed E-state index contributed by atoms with van der Waals surface area (Å²) >= 11 is 0. The first-order valence-corrected chi connectivity index (χ1v) is 5.93. The molecule has 1 heteroatoms. The molecule has 0 saturated heterocycles. The lowest BCUT2D eigenvalue weighted by molar-refractivity contribution is 1.39. The minimum absolute atomic E-state index is 1.00. The highest BCUT2D eigenvalue weighted by atomic mass is 14.6. The number of benzene rings is 2. The number of pyridine rings is 1. The van der Waals surface area contributed by atoms with Gasteiger partial charge >= 0.3 is 0 Å². The molecule has 0 atom stereocenters. The summed E-state index contributed by atoms with van der Waals surface area (Å²) in [6, 6.07) is 12.5. The van der Waals surface area contributed by atoms with Gasteiger partial charge in [-0.05, 0) is 29.0 Å². The highest BCUT2D eigenvalue weighted by Crippen LogP contribution is 2.18. The van der Waals surface area contributed by atoms with Crippen molar-refractivity contribution >= 4 is 33.5 Å². The Bertz CT molecular complexity index is 983. The number of aromatic nitrogens is 1. The molecule has 0 bridgehead atoms. The van der Waals surface area contributed by atoms with Gasteiger partial charge in [-0.25, -0.2) is 0 Å². The lowest BCUT2D eigenvalue weighted by Gasteiger charge is -2.05. The zero-order chi connectivity index (χ0) is 11.9. The van der Waals surface area contributed by atoms with Crippen molar-refractivity contribution < 1.29 is 0 Å². The first kappa shape index (κ1) is 9.44. The van der Waals surface area contributed by atoms with Gasteiger partial charge in [-0.1, -0.05) is 41.8 Å². The molecular weight excluding hydrogens is 218 g/mol. The molecule has 1 aromatic heterocycles. The fourth-order valence-corrected chi connectivity index (χ4v) is 2.58. The molecule has 1 nitrogen and oxygen atoms in total. The normalized spacial score (nSPS) is 12.2. The number of hydrogen-bond donors (Lipinski definition) is 0. The number of allylic oxidation sites excluding steroid dienone is 1. The van der Waals surface area contributed by atoms with Gasteiger partial charge in [0.25, 0.3) is 0 Å². The van der Waals surface area contributed by atoms with Gasteiger partial charge in [0.1, 0.15) is 0 Å². The molecule has 4 rings (SSSR count). The van der Waals surface area contributed by atoms with E-state index < -0.39 is 0 Å². The van der Waals surface area contributed by atoms with E-state index in [0.717, 1.165) is 10.7 Å². The van der Waals surface area contributed by atoms with E-state index in [2.05, 4.69) is 52.9 Å². The Morgan fingerprint density at radius 1 is 0.889 bits per heavy atom. The fraction of sp³-hybridized carbons (Fsp3) is 0.